The highest BCUT2D eigenvalue weighted by Gasteiger charge is 2.24. The van der Waals surface area contributed by atoms with E-state index in [-0.39, 0.29) is 5.03 Å². The number of nitrogens with zero attached hydrogens (tertiary/aromatic N) is 3. The lowest BCUT2D eigenvalue weighted by Gasteiger charge is -2.19. The van der Waals surface area contributed by atoms with Gasteiger partial charge in [0.1, 0.15) is 0 Å². The Morgan fingerprint density at radius 3 is 2.50 bits per heavy atom. The number of hydrogen-bond donors (Lipinski definition) is 1. The van der Waals surface area contributed by atoms with E-state index in [1.807, 2.05) is 0 Å². The van der Waals surface area contributed by atoms with E-state index < -0.39 is 10.0 Å². The number of pyridine rings is 1. The summed E-state index contributed by atoms with van der Waals surface area (Å²) in [6.07, 6.45) is 4.71. The van der Waals surface area contributed by atoms with Crippen LogP contribution in [0.4, 0.5) is 0 Å². The van der Waals surface area contributed by atoms with Crippen molar-refractivity contribution in [2.24, 2.45) is 0 Å². The summed E-state index contributed by atoms with van der Waals surface area (Å²) >= 11 is 0. The molecule has 0 unspecified atom stereocenters. The van der Waals surface area contributed by atoms with Crippen LogP contribution in [0.25, 0.3) is 0 Å². The van der Waals surface area contributed by atoms with Crippen molar-refractivity contribution in [2.75, 3.05) is 6.54 Å². The van der Waals surface area contributed by atoms with Gasteiger partial charge in [0.25, 0.3) is 10.0 Å². The lowest BCUT2D eigenvalue weighted by Crippen LogP contribution is -2.30. The maximum atomic E-state index is 12.3. The van der Waals surface area contributed by atoms with Crippen molar-refractivity contribution in [3.8, 4) is 0 Å². The molecule has 6 nitrogen and oxygen atoms in total. The summed E-state index contributed by atoms with van der Waals surface area (Å²) in [5.74, 6) is 0. The van der Waals surface area contributed by atoms with Gasteiger partial charge in [-0.2, -0.15) is 9.40 Å². The summed E-state index contributed by atoms with van der Waals surface area (Å²) in [6, 6.07) is 5.04. The van der Waals surface area contributed by atoms with Gasteiger partial charge in [0.15, 0.2) is 5.03 Å². The second-order valence-corrected chi connectivity index (χ2v) is 5.61. The predicted molar refractivity (Wildman–Crippen MR) is 66.1 cm³/mol. The summed E-state index contributed by atoms with van der Waals surface area (Å²) in [6.45, 7) is 2.51. The fourth-order valence-corrected chi connectivity index (χ4v) is 2.92. The summed E-state index contributed by atoms with van der Waals surface area (Å²) in [7, 11) is -3.51. The third-order valence-electron chi connectivity index (χ3n) is 2.55. The monoisotopic (exact) mass is 266 g/mol. The average Bonchev–Trinajstić information content (AvgIpc) is 2.91. The van der Waals surface area contributed by atoms with E-state index >= 15 is 0 Å². The van der Waals surface area contributed by atoms with Crippen molar-refractivity contribution in [3.63, 3.8) is 0 Å². The minimum absolute atomic E-state index is 0.110. The molecule has 0 amide bonds. The number of rotatable bonds is 5. The Kier molecular flexibility index (Phi) is 3.73. The summed E-state index contributed by atoms with van der Waals surface area (Å²) < 4.78 is 25.9. The summed E-state index contributed by atoms with van der Waals surface area (Å²) in [5, 5.41) is 6.27. The summed E-state index contributed by atoms with van der Waals surface area (Å²) in [5.41, 5.74) is 0.898. The van der Waals surface area contributed by atoms with Crippen molar-refractivity contribution >= 4 is 10.0 Å². The second kappa shape index (κ2) is 5.28. The largest absolute Gasteiger partial charge is 0.266 e. The molecule has 0 saturated heterocycles. The van der Waals surface area contributed by atoms with Gasteiger partial charge < -0.3 is 0 Å². The van der Waals surface area contributed by atoms with E-state index in [9.17, 15) is 8.42 Å². The highest BCUT2D eigenvalue weighted by atomic mass is 32.2. The van der Waals surface area contributed by atoms with Crippen LogP contribution in [0.2, 0.25) is 0 Å². The molecule has 0 aromatic carbocycles. The fourth-order valence-electron chi connectivity index (χ4n) is 1.58. The van der Waals surface area contributed by atoms with E-state index in [1.54, 1.807) is 31.5 Å². The molecule has 0 saturated carbocycles. The number of aromatic amines is 1. The van der Waals surface area contributed by atoms with Crippen LogP contribution < -0.4 is 0 Å². The molecule has 0 atom stereocenters. The topological polar surface area (TPSA) is 79.0 Å². The van der Waals surface area contributed by atoms with Crippen molar-refractivity contribution in [1.82, 2.24) is 19.5 Å². The molecule has 1 N–H and O–H groups in total. The molecule has 0 aliphatic carbocycles. The van der Waals surface area contributed by atoms with Crippen LogP contribution in [-0.2, 0) is 16.6 Å². The van der Waals surface area contributed by atoms with E-state index in [0.29, 0.717) is 13.1 Å². The molecule has 0 bridgehead atoms. The number of nitrogens with one attached hydrogen (secondary N) is 1. The average molecular weight is 266 g/mol. The molecular weight excluding hydrogens is 252 g/mol. The Hall–Kier alpha value is -1.73. The van der Waals surface area contributed by atoms with Crippen LogP contribution in [0.5, 0.6) is 0 Å². The molecule has 2 aromatic rings. The molecule has 0 radical (unpaired) electrons. The molecule has 2 aromatic heterocycles. The minimum Gasteiger partial charge on any atom is -0.266 e. The molecule has 0 aliphatic rings. The van der Waals surface area contributed by atoms with Gasteiger partial charge in [-0.1, -0.05) is 6.92 Å². The van der Waals surface area contributed by atoms with Crippen LogP contribution in [-0.4, -0.2) is 34.4 Å². The lowest BCUT2D eigenvalue weighted by molar-refractivity contribution is 0.421. The van der Waals surface area contributed by atoms with Gasteiger partial charge >= 0.3 is 0 Å². The third-order valence-corrected chi connectivity index (χ3v) is 4.40. The van der Waals surface area contributed by atoms with Gasteiger partial charge in [0.05, 0.1) is 6.20 Å². The Morgan fingerprint density at radius 2 is 1.94 bits per heavy atom. The molecular formula is C11H14N4O2S. The van der Waals surface area contributed by atoms with Gasteiger partial charge in [-0.05, 0) is 23.8 Å². The third kappa shape index (κ3) is 2.57. The van der Waals surface area contributed by atoms with Crippen LogP contribution in [0.3, 0.4) is 0 Å². The van der Waals surface area contributed by atoms with Gasteiger partial charge in [-0.3, -0.25) is 10.1 Å². The smallest absolute Gasteiger partial charge is 0.260 e. The lowest BCUT2D eigenvalue weighted by atomic mass is 10.3. The van der Waals surface area contributed by atoms with Gasteiger partial charge in [-0.15, -0.1) is 0 Å². The Bertz CT molecular complexity index is 581. The zero-order valence-electron chi connectivity index (χ0n) is 9.94. The van der Waals surface area contributed by atoms with Crippen molar-refractivity contribution < 1.29 is 8.42 Å². The van der Waals surface area contributed by atoms with E-state index in [2.05, 4.69) is 15.2 Å². The molecule has 2 rings (SSSR count). The minimum atomic E-state index is -3.51. The number of aromatic nitrogens is 3. The molecule has 7 heteroatoms. The zero-order valence-corrected chi connectivity index (χ0v) is 10.8. The highest BCUT2D eigenvalue weighted by Crippen LogP contribution is 2.15. The second-order valence-electron chi connectivity index (χ2n) is 3.71. The van der Waals surface area contributed by atoms with E-state index in [4.69, 9.17) is 0 Å². The maximum Gasteiger partial charge on any atom is 0.260 e. The van der Waals surface area contributed by atoms with Crippen molar-refractivity contribution in [3.05, 3.63) is 42.4 Å². The Morgan fingerprint density at radius 1 is 1.22 bits per heavy atom. The highest BCUT2D eigenvalue weighted by molar-refractivity contribution is 7.89. The molecule has 2 heterocycles. The molecule has 0 spiro atoms. The van der Waals surface area contributed by atoms with E-state index in [0.717, 1.165) is 5.56 Å². The van der Waals surface area contributed by atoms with Gasteiger partial charge in [-0.25, -0.2) is 8.42 Å². The Labute approximate surface area is 106 Å². The normalized spacial score (nSPS) is 11.9. The van der Waals surface area contributed by atoms with Crippen LogP contribution in [0.15, 0.2) is 41.8 Å². The standard InChI is InChI=1S/C11H14N4O2S/c1-2-15(9-10-3-6-12-7-4-10)18(16,17)11-5-8-13-14-11/h3-8H,2,9H2,1H3,(H,13,14). The Balaban J connectivity index is 2.25. The molecule has 0 fully saturated rings. The first kappa shape index (κ1) is 12.7. The molecule has 0 aliphatic heterocycles. The van der Waals surface area contributed by atoms with Crippen molar-refractivity contribution in [1.29, 1.82) is 0 Å². The number of hydrogen-bond acceptors (Lipinski definition) is 4. The van der Waals surface area contributed by atoms with Crippen LogP contribution in [0.1, 0.15) is 12.5 Å². The summed E-state index contributed by atoms with van der Waals surface area (Å²) in [4.78, 5) is 3.91. The fraction of sp³-hybridized carbons (Fsp3) is 0.273. The van der Waals surface area contributed by atoms with Gasteiger partial charge in [0, 0.05) is 25.5 Å². The van der Waals surface area contributed by atoms with Crippen LogP contribution in [0, 0.1) is 0 Å². The molecule has 18 heavy (non-hydrogen) atoms. The SMILES string of the molecule is CCN(Cc1ccncc1)S(=O)(=O)c1ccn[nH]1. The zero-order chi connectivity index (χ0) is 13.0. The molecule has 96 valence electrons. The quantitative estimate of drug-likeness (QED) is 0.876. The number of sulfonamides is 1. The van der Waals surface area contributed by atoms with E-state index in [1.165, 1.54) is 16.6 Å². The van der Waals surface area contributed by atoms with Crippen molar-refractivity contribution in [2.45, 2.75) is 18.5 Å². The van der Waals surface area contributed by atoms with Gasteiger partial charge in [0.2, 0.25) is 0 Å². The van der Waals surface area contributed by atoms with Crippen LogP contribution >= 0.6 is 0 Å². The first-order chi connectivity index (χ1) is 8.64. The first-order valence-corrected chi connectivity index (χ1v) is 6.97. The number of H-pyrrole nitrogens is 1. The predicted octanol–water partition coefficient (Wildman–Crippen LogP) is 1.02. The first-order valence-electron chi connectivity index (χ1n) is 5.53. The maximum absolute atomic E-state index is 12.3.